The van der Waals surface area contributed by atoms with E-state index in [-0.39, 0.29) is 11.3 Å². The Hall–Kier alpha value is -2.36. The molecule has 4 heteroatoms. The lowest BCUT2D eigenvalue weighted by atomic mass is 10.0. The molecule has 0 atom stereocenters. The number of hydrogen-bond donors (Lipinski definition) is 1. The zero-order valence-electron chi connectivity index (χ0n) is 10.2. The van der Waals surface area contributed by atoms with Gasteiger partial charge in [-0.15, -0.1) is 0 Å². The predicted octanol–water partition coefficient (Wildman–Crippen LogP) is 1.63. The van der Waals surface area contributed by atoms with Crippen LogP contribution in [0.25, 0.3) is 0 Å². The van der Waals surface area contributed by atoms with Crippen molar-refractivity contribution >= 4 is 5.78 Å². The molecule has 1 heterocycles. The van der Waals surface area contributed by atoms with Crippen molar-refractivity contribution in [2.45, 2.75) is 6.92 Å². The van der Waals surface area contributed by atoms with Gasteiger partial charge in [0.15, 0.2) is 0 Å². The molecule has 4 nitrogen and oxygen atoms in total. The number of aromatic nitrogens is 1. The van der Waals surface area contributed by atoms with Crippen LogP contribution in [0.3, 0.4) is 0 Å². The molecule has 2 aromatic rings. The highest BCUT2D eigenvalue weighted by Crippen LogP contribution is 2.17. The summed E-state index contributed by atoms with van der Waals surface area (Å²) >= 11 is 0. The van der Waals surface area contributed by atoms with Gasteiger partial charge in [-0.05, 0) is 6.92 Å². The summed E-state index contributed by atoms with van der Waals surface area (Å²) in [7, 11) is 1.57. The first-order valence-electron chi connectivity index (χ1n) is 5.51. The van der Waals surface area contributed by atoms with Crippen LogP contribution in [0.5, 0.6) is 5.75 Å². The van der Waals surface area contributed by atoms with E-state index < -0.39 is 11.3 Å². The molecule has 0 fully saturated rings. The fourth-order valence-electron chi connectivity index (χ4n) is 1.75. The molecule has 0 spiro atoms. The lowest BCUT2D eigenvalue weighted by Gasteiger charge is -2.08. The highest BCUT2D eigenvalue weighted by molar-refractivity contribution is 6.10. The Kier molecular flexibility index (Phi) is 3.02. The molecule has 1 N–H and O–H groups in total. The van der Waals surface area contributed by atoms with Crippen LogP contribution in [0.2, 0.25) is 0 Å². The first-order valence-corrected chi connectivity index (χ1v) is 5.51. The zero-order valence-corrected chi connectivity index (χ0v) is 10.2. The highest BCUT2D eigenvalue weighted by Gasteiger charge is 2.19. The molecular weight excluding hydrogens is 230 g/mol. The van der Waals surface area contributed by atoms with Gasteiger partial charge >= 0.3 is 0 Å². The van der Waals surface area contributed by atoms with Crippen LogP contribution in [0.1, 0.15) is 21.6 Å². The van der Waals surface area contributed by atoms with Crippen LogP contribution in [0, 0.1) is 6.92 Å². The number of aryl methyl sites for hydroxylation is 1. The molecule has 0 radical (unpaired) electrons. The van der Waals surface area contributed by atoms with Crippen LogP contribution in [0.15, 0.2) is 41.2 Å². The van der Waals surface area contributed by atoms with E-state index in [1.165, 1.54) is 10.6 Å². The lowest BCUT2D eigenvalue weighted by molar-refractivity contribution is 0.103. The molecule has 0 amide bonds. The summed E-state index contributed by atoms with van der Waals surface area (Å²) in [5.41, 5.74) is 0.312. The van der Waals surface area contributed by atoms with Crippen molar-refractivity contribution in [3.8, 4) is 5.75 Å². The van der Waals surface area contributed by atoms with E-state index >= 15 is 0 Å². The van der Waals surface area contributed by atoms with Gasteiger partial charge in [-0.25, -0.2) is 0 Å². The number of benzene rings is 1. The molecule has 1 aromatic carbocycles. The van der Waals surface area contributed by atoms with Gasteiger partial charge in [0.25, 0.3) is 5.56 Å². The summed E-state index contributed by atoms with van der Waals surface area (Å²) in [5.74, 6) is -0.738. The van der Waals surface area contributed by atoms with E-state index in [4.69, 9.17) is 0 Å². The van der Waals surface area contributed by atoms with E-state index in [0.29, 0.717) is 11.3 Å². The monoisotopic (exact) mass is 243 g/mol. The third-order valence-corrected chi connectivity index (χ3v) is 2.91. The number of ketones is 1. The maximum Gasteiger partial charge on any atom is 0.265 e. The zero-order chi connectivity index (χ0) is 13.3. The Morgan fingerprint density at radius 1 is 1.22 bits per heavy atom. The minimum atomic E-state index is -0.485. The summed E-state index contributed by atoms with van der Waals surface area (Å²) in [6, 6.07) is 9.84. The molecule has 1 aromatic heterocycles. The number of aromatic hydroxyl groups is 1. The van der Waals surface area contributed by atoms with E-state index in [9.17, 15) is 14.7 Å². The van der Waals surface area contributed by atoms with Crippen molar-refractivity contribution in [2.75, 3.05) is 0 Å². The van der Waals surface area contributed by atoms with Crippen molar-refractivity contribution in [3.05, 3.63) is 63.6 Å². The van der Waals surface area contributed by atoms with Crippen molar-refractivity contribution in [1.82, 2.24) is 4.57 Å². The van der Waals surface area contributed by atoms with Crippen molar-refractivity contribution in [1.29, 1.82) is 0 Å². The van der Waals surface area contributed by atoms with Crippen LogP contribution in [-0.4, -0.2) is 15.5 Å². The minimum absolute atomic E-state index is 0.186. The molecule has 2 rings (SSSR count). The van der Waals surface area contributed by atoms with Crippen molar-refractivity contribution in [3.63, 3.8) is 0 Å². The Bertz CT molecular complexity index is 657. The van der Waals surface area contributed by atoms with Crippen molar-refractivity contribution in [2.24, 2.45) is 7.05 Å². The van der Waals surface area contributed by atoms with Gasteiger partial charge in [0.05, 0.1) is 0 Å². The second kappa shape index (κ2) is 4.49. The predicted molar refractivity (Wildman–Crippen MR) is 68.0 cm³/mol. The van der Waals surface area contributed by atoms with Gasteiger partial charge < -0.3 is 9.67 Å². The maximum absolute atomic E-state index is 12.2. The minimum Gasteiger partial charge on any atom is -0.507 e. The molecule has 0 bridgehead atoms. The second-order valence-electron chi connectivity index (χ2n) is 4.11. The van der Waals surface area contributed by atoms with E-state index in [1.54, 1.807) is 44.3 Å². The Morgan fingerprint density at radius 3 is 2.44 bits per heavy atom. The summed E-state index contributed by atoms with van der Waals surface area (Å²) < 4.78 is 1.34. The van der Waals surface area contributed by atoms with Crippen molar-refractivity contribution < 1.29 is 9.90 Å². The van der Waals surface area contributed by atoms with Crippen LogP contribution >= 0.6 is 0 Å². The molecular formula is C14H13NO3. The SMILES string of the molecule is Cc1cc(O)c(C(=O)c2ccccc2)c(=O)n1C. The third kappa shape index (κ3) is 1.93. The number of hydrogen-bond acceptors (Lipinski definition) is 3. The molecule has 18 heavy (non-hydrogen) atoms. The normalized spacial score (nSPS) is 10.3. The molecule has 92 valence electrons. The molecule has 0 unspecified atom stereocenters. The molecule has 0 aliphatic carbocycles. The van der Waals surface area contributed by atoms with Gasteiger partial charge in [0.1, 0.15) is 11.3 Å². The summed E-state index contributed by atoms with van der Waals surface area (Å²) in [5, 5.41) is 9.79. The Labute approximate surface area is 104 Å². The summed E-state index contributed by atoms with van der Waals surface area (Å²) in [6.45, 7) is 1.69. The molecule has 0 aliphatic rings. The molecule has 0 aliphatic heterocycles. The fourth-order valence-corrected chi connectivity index (χ4v) is 1.75. The molecule has 0 saturated carbocycles. The quantitative estimate of drug-likeness (QED) is 0.815. The van der Waals surface area contributed by atoms with Gasteiger partial charge in [-0.1, -0.05) is 30.3 Å². The number of pyridine rings is 1. The largest absolute Gasteiger partial charge is 0.507 e. The van der Waals surface area contributed by atoms with E-state index in [0.717, 1.165) is 0 Å². The average Bonchev–Trinajstić information content (AvgIpc) is 2.37. The van der Waals surface area contributed by atoms with Crippen LogP contribution in [-0.2, 0) is 7.05 Å². The Morgan fingerprint density at radius 2 is 1.83 bits per heavy atom. The van der Waals surface area contributed by atoms with Crippen LogP contribution < -0.4 is 5.56 Å². The standard InChI is InChI=1S/C14H13NO3/c1-9-8-11(16)12(14(18)15(9)2)13(17)10-6-4-3-5-7-10/h3-8,16H,1-2H3. The van der Waals surface area contributed by atoms with Gasteiger partial charge in [-0.3, -0.25) is 9.59 Å². The maximum atomic E-state index is 12.2. The third-order valence-electron chi connectivity index (χ3n) is 2.91. The summed E-state index contributed by atoms with van der Waals surface area (Å²) in [6.07, 6.45) is 0. The van der Waals surface area contributed by atoms with Gasteiger partial charge in [-0.2, -0.15) is 0 Å². The average molecular weight is 243 g/mol. The smallest absolute Gasteiger partial charge is 0.265 e. The fraction of sp³-hybridized carbons (Fsp3) is 0.143. The highest BCUT2D eigenvalue weighted by atomic mass is 16.3. The number of carbonyl (C=O) groups excluding carboxylic acids is 1. The van der Waals surface area contributed by atoms with Gasteiger partial charge in [0, 0.05) is 24.4 Å². The Balaban J connectivity index is 2.63. The van der Waals surface area contributed by atoms with Gasteiger partial charge in [0.2, 0.25) is 5.78 Å². The number of rotatable bonds is 2. The van der Waals surface area contributed by atoms with Crippen LogP contribution in [0.4, 0.5) is 0 Å². The topological polar surface area (TPSA) is 59.3 Å². The van der Waals surface area contributed by atoms with E-state index in [2.05, 4.69) is 0 Å². The van der Waals surface area contributed by atoms with E-state index in [1.807, 2.05) is 0 Å². The molecule has 0 saturated heterocycles. The first-order chi connectivity index (χ1) is 8.52. The lowest BCUT2D eigenvalue weighted by Crippen LogP contribution is -2.26. The first kappa shape index (κ1) is 12.1. The summed E-state index contributed by atoms with van der Waals surface area (Å²) in [4.78, 5) is 24.2. The number of carbonyl (C=O) groups is 1. The second-order valence-corrected chi connectivity index (χ2v) is 4.11. The number of nitrogens with zero attached hydrogens (tertiary/aromatic N) is 1.